The third kappa shape index (κ3) is 3.05. The van der Waals surface area contributed by atoms with Crippen molar-refractivity contribution in [3.05, 3.63) is 34.3 Å². The van der Waals surface area contributed by atoms with Crippen LogP contribution < -0.4 is 0 Å². The molecular weight excluding hydrogens is 298 g/mol. The van der Waals surface area contributed by atoms with E-state index in [4.69, 9.17) is 0 Å². The smallest absolute Gasteiger partial charge is 0.255 e. The monoisotopic (exact) mass is 313 g/mol. The molecule has 4 heteroatoms. The van der Waals surface area contributed by atoms with E-state index in [1.54, 1.807) is 0 Å². The van der Waals surface area contributed by atoms with Crippen molar-refractivity contribution in [3.8, 4) is 0 Å². The summed E-state index contributed by atoms with van der Waals surface area (Å²) in [5.74, 6) is 1.15. The molecule has 0 spiro atoms. The molecule has 1 fully saturated rings. The van der Waals surface area contributed by atoms with Crippen LogP contribution in [0.5, 0.6) is 0 Å². The molecule has 1 aromatic carbocycles. The fourth-order valence-electron chi connectivity index (χ4n) is 1.99. The van der Waals surface area contributed by atoms with Crippen LogP contribution in [0.1, 0.15) is 24.2 Å². The first-order valence-corrected chi connectivity index (χ1v) is 7.45. The van der Waals surface area contributed by atoms with Gasteiger partial charge in [0.15, 0.2) is 0 Å². The Labute approximate surface area is 115 Å². The number of nitrogens with zero attached hydrogens (tertiary/aromatic N) is 1. The predicted molar refractivity (Wildman–Crippen MR) is 76.6 cm³/mol. The summed E-state index contributed by atoms with van der Waals surface area (Å²) in [5.41, 5.74) is 0.759. The van der Waals surface area contributed by atoms with Gasteiger partial charge in [0.2, 0.25) is 0 Å². The molecule has 0 N–H and O–H groups in total. The summed E-state index contributed by atoms with van der Waals surface area (Å²) in [6.45, 7) is 6.04. The van der Waals surface area contributed by atoms with Gasteiger partial charge in [0.1, 0.15) is 0 Å². The standard InChI is InChI=1S/C13H16BrNOS/c1-13(2)9-15(7-8-17-13)12(16)10-5-3-4-6-11(10)14/h3-6H,7-9H2,1-2H3. The molecule has 2 rings (SSSR count). The molecule has 1 aliphatic heterocycles. The fraction of sp³-hybridized carbons (Fsp3) is 0.462. The summed E-state index contributed by atoms with van der Waals surface area (Å²) in [4.78, 5) is 14.3. The van der Waals surface area contributed by atoms with Gasteiger partial charge in [-0.05, 0) is 41.9 Å². The maximum atomic E-state index is 12.4. The summed E-state index contributed by atoms with van der Waals surface area (Å²) in [6, 6.07) is 7.62. The van der Waals surface area contributed by atoms with Crippen molar-refractivity contribution in [2.24, 2.45) is 0 Å². The van der Waals surface area contributed by atoms with Gasteiger partial charge in [0.05, 0.1) is 5.56 Å². The molecule has 0 saturated carbocycles. The van der Waals surface area contributed by atoms with Crippen LogP contribution in [0.25, 0.3) is 0 Å². The van der Waals surface area contributed by atoms with Crippen molar-refractivity contribution in [2.75, 3.05) is 18.8 Å². The van der Waals surface area contributed by atoms with Crippen molar-refractivity contribution in [1.29, 1.82) is 0 Å². The van der Waals surface area contributed by atoms with Crippen LogP contribution in [-0.2, 0) is 0 Å². The summed E-state index contributed by atoms with van der Waals surface area (Å²) >= 11 is 5.37. The number of carbonyl (C=O) groups excluding carboxylic acids is 1. The minimum atomic E-state index is 0.130. The van der Waals surface area contributed by atoms with Gasteiger partial charge in [0, 0.05) is 28.1 Å². The van der Waals surface area contributed by atoms with E-state index in [0.717, 1.165) is 28.9 Å². The Balaban J connectivity index is 2.18. The molecule has 1 amide bonds. The number of hydrogen-bond acceptors (Lipinski definition) is 2. The summed E-state index contributed by atoms with van der Waals surface area (Å²) in [6.07, 6.45) is 0. The van der Waals surface area contributed by atoms with E-state index in [2.05, 4.69) is 29.8 Å². The molecule has 0 unspecified atom stereocenters. The molecule has 0 aromatic heterocycles. The lowest BCUT2D eigenvalue weighted by molar-refractivity contribution is 0.0747. The van der Waals surface area contributed by atoms with Crippen molar-refractivity contribution in [2.45, 2.75) is 18.6 Å². The third-order valence-electron chi connectivity index (χ3n) is 2.82. The number of carbonyl (C=O) groups is 1. The molecule has 1 aliphatic rings. The number of amides is 1. The average Bonchev–Trinajstić information content (AvgIpc) is 2.27. The van der Waals surface area contributed by atoms with Crippen LogP contribution in [0.2, 0.25) is 0 Å². The second-order valence-electron chi connectivity index (χ2n) is 4.81. The lowest BCUT2D eigenvalue weighted by atomic mass is 10.1. The van der Waals surface area contributed by atoms with E-state index in [-0.39, 0.29) is 10.7 Å². The van der Waals surface area contributed by atoms with Crippen LogP contribution in [0.4, 0.5) is 0 Å². The van der Waals surface area contributed by atoms with Crippen LogP contribution >= 0.6 is 27.7 Å². The van der Waals surface area contributed by atoms with E-state index in [9.17, 15) is 4.79 Å². The second-order valence-corrected chi connectivity index (χ2v) is 7.47. The first kappa shape index (κ1) is 13.0. The molecular formula is C13H16BrNOS. The van der Waals surface area contributed by atoms with Gasteiger partial charge < -0.3 is 4.90 Å². The number of thioether (sulfide) groups is 1. The molecule has 0 bridgehead atoms. The van der Waals surface area contributed by atoms with Crippen molar-refractivity contribution >= 4 is 33.6 Å². The largest absolute Gasteiger partial charge is 0.336 e. The van der Waals surface area contributed by atoms with Crippen molar-refractivity contribution < 1.29 is 4.79 Å². The summed E-state index contributed by atoms with van der Waals surface area (Å²) in [5, 5.41) is 0. The number of hydrogen-bond donors (Lipinski definition) is 0. The quantitative estimate of drug-likeness (QED) is 0.792. The van der Waals surface area contributed by atoms with E-state index in [0.29, 0.717) is 0 Å². The molecule has 1 heterocycles. The van der Waals surface area contributed by atoms with Crippen LogP contribution in [0.15, 0.2) is 28.7 Å². The lowest BCUT2D eigenvalue weighted by Crippen LogP contribution is -2.46. The van der Waals surface area contributed by atoms with E-state index in [1.807, 2.05) is 40.9 Å². The summed E-state index contributed by atoms with van der Waals surface area (Å²) in [7, 11) is 0. The minimum Gasteiger partial charge on any atom is -0.336 e. The summed E-state index contributed by atoms with van der Waals surface area (Å²) < 4.78 is 1.04. The highest BCUT2D eigenvalue weighted by Gasteiger charge is 2.30. The zero-order chi connectivity index (χ0) is 12.5. The SMILES string of the molecule is CC1(C)CN(C(=O)c2ccccc2Br)CCS1. The van der Waals surface area contributed by atoms with Crippen molar-refractivity contribution in [1.82, 2.24) is 4.90 Å². The molecule has 92 valence electrons. The normalized spacial score (nSPS) is 19.1. The lowest BCUT2D eigenvalue weighted by Gasteiger charge is -2.37. The predicted octanol–water partition coefficient (Wildman–Crippen LogP) is 3.42. The van der Waals surface area contributed by atoms with Crippen LogP contribution in [0.3, 0.4) is 0 Å². The first-order chi connectivity index (χ1) is 7.99. The Morgan fingerprint density at radius 2 is 2.12 bits per heavy atom. The topological polar surface area (TPSA) is 20.3 Å². The second kappa shape index (κ2) is 5.02. The van der Waals surface area contributed by atoms with Gasteiger partial charge in [-0.15, -0.1) is 0 Å². The Kier molecular flexibility index (Phi) is 3.83. The van der Waals surface area contributed by atoms with Gasteiger partial charge in [0.25, 0.3) is 5.91 Å². The minimum absolute atomic E-state index is 0.130. The molecule has 2 nitrogen and oxygen atoms in total. The average molecular weight is 314 g/mol. The Morgan fingerprint density at radius 1 is 1.41 bits per heavy atom. The zero-order valence-electron chi connectivity index (χ0n) is 10.1. The highest BCUT2D eigenvalue weighted by molar-refractivity contribution is 9.10. The van der Waals surface area contributed by atoms with Crippen LogP contribution in [-0.4, -0.2) is 34.4 Å². The Bertz CT molecular complexity index is 433. The molecule has 0 aliphatic carbocycles. The van der Waals surface area contributed by atoms with Crippen LogP contribution in [0, 0.1) is 0 Å². The first-order valence-electron chi connectivity index (χ1n) is 5.67. The van der Waals surface area contributed by atoms with Crippen molar-refractivity contribution in [3.63, 3.8) is 0 Å². The highest BCUT2D eigenvalue weighted by Crippen LogP contribution is 2.30. The van der Waals surface area contributed by atoms with E-state index >= 15 is 0 Å². The van der Waals surface area contributed by atoms with Gasteiger partial charge in [-0.3, -0.25) is 4.79 Å². The van der Waals surface area contributed by atoms with Gasteiger partial charge >= 0.3 is 0 Å². The molecule has 17 heavy (non-hydrogen) atoms. The number of halogens is 1. The maximum absolute atomic E-state index is 12.4. The van der Waals surface area contributed by atoms with Gasteiger partial charge in [-0.25, -0.2) is 0 Å². The molecule has 0 atom stereocenters. The molecule has 1 saturated heterocycles. The van der Waals surface area contributed by atoms with E-state index in [1.165, 1.54) is 0 Å². The zero-order valence-corrected chi connectivity index (χ0v) is 12.5. The highest BCUT2D eigenvalue weighted by atomic mass is 79.9. The molecule has 1 aromatic rings. The van der Waals surface area contributed by atoms with Gasteiger partial charge in [-0.1, -0.05) is 12.1 Å². The fourth-order valence-corrected chi connectivity index (χ4v) is 3.56. The third-order valence-corrected chi connectivity index (χ3v) is 4.81. The number of benzene rings is 1. The van der Waals surface area contributed by atoms with E-state index < -0.39 is 0 Å². The Hall–Kier alpha value is -0.480. The van der Waals surface area contributed by atoms with Gasteiger partial charge in [-0.2, -0.15) is 11.8 Å². The number of rotatable bonds is 1. The Morgan fingerprint density at radius 3 is 2.76 bits per heavy atom. The maximum Gasteiger partial charge on any atom is 0.255 e. The molecule has 0 radical (unpaired) electrons.